The molecule has 0 fully saturated rings. The number of benzene rings is 8. The minimum Gasteiger partial charge on any atom is -0.309 e. The lowest BCUT2D eigenvalue weighted by molar-refractivity contribution is 0.664. The van der Waals surface area contributed by atoms with Crippen LogP contribution in [0.15, 0.2) is 164 Å². The summed E-state index contributed by atoms with van der Waals surface area (Å²) in [7, 11) is 0. The standard InChI is InChI=1S/C50H33N3/c1-50(2)42-24-23-37-34-16-7-6-14-32(34)33-15-8-9-18-36(33)46(37)47(42)39-22-21-38-41-29-51-27-26-45(41)53(49(38)48(39)50)31-20-25-44-40(28-31)35-17-10-11-19-43(35)52(44)30-12-4-3-5-13-30/h3-29H,1-2H3. The normalized spacial score (nSPS) is 13.6. The van der Waals surface area contributed by atoms with Crippen LogP contribution in [0.5, 0.6) is 0 Å². The van der Waals surface area contributed by atoms with Gasteiger partial charge in [0.25, 0.3) is 0 Å². The lowest BCUT2D eigenvalue weighted by Gasteiger charge is -2.24. The topological polar surface area (TPSA) is 22.8 Å². The molecule has 0 bridgehead atoms. The van der Waals surface area contributed by atoms with E-state index in [1.165, 1.54) is 104 Å². The summed E-state index contributed by atoms with van der Waals surface area (Å²) in [5.74, 6) is 0. The zero-order valence-electron chi connectivity index (χ0n) is 29.4. The van der Waals surface area contributed by atoms with Crippen molar-refractivity contribution < 1.29 is 0 Å². The molecule has 0 amide bonds. The fourth-order valence-corrected chi connectivity index (χ4v) is 9.95. The van der Waals surface area contributed by atoms with E-state index in [1.807, 2.05) is 12.4 Å². The first-order valence-electron chi connectivity index (χ1n) is 18.5. The van der Waals surface area contributed by atoms with Gasteiger partial charge in [-0.05, 0) is 97.0 Å². The Bertz CT molecular complexity index is 3320. The van der Waals surface area contributed by atoms with Crippen molar-refractivity contribution in [3.8, 4) is 22.5 Å². The minimum absolute atomic E-state index is 0.252. The molecule has 3 heteroatoms. The smallest absolute Gasteiger partial charge is 0.0588 e. The van der Waals surface area contributed by atoms with Crippen molar-refractivity contribution in [1.29, 1.82) is 0 Å². The molecule has 0 unspecified atom stereocenters. The van der Waals surface area contributed by atoms with Gasteiger partial charge in [-0.3, -0.25) is 4.98 Å². The molecule has 8 aromatic carbocycles. The van der Waals surface area contributed by atoms with E-state index in [4.69, 9.17) is 0 Å². The van der Waals surface area contributed by atoms with E-state index in [2.05, 4.69) is 180 Å². The number of pyridine rings is 1. The Morgan fingerprint density at radius 3 is 1.87 bits per heavy atom. The van der Waals surface area contributed by atoms with Crippen molar-refractivity contribution in [2.45, 2.75) is 19.3 Å². The van der Waals surface area contributed by atoms with Gasteiger partial charge in [-0.25, -0.2) is 0 Å². The molecule has 1 aliphatic rings. The fraction of sp³-hybridized carbons (Fsp3) is 0.0600. The molecule has 0 N–H and O–H groups in total. The highest BCUT2D eigenvalue weighted by Crippen LogP contribution is 2.56. The second-order valence-corrected chi connectivity index (χ2v) is 15.1. The highest BCUT2D eigenvalue weighted by atomic mass is 15.0. The number of hydrogen-bond donors (Lipinski definition) is 0. The van der Waals surface area contributed by atoms with Gasteiger partial charge >= 0.3 is 0 Å². The lowest BCUT2D eigenvalue weighted by atomic mass is 9.80. The van der Waals surface area contributed by atoms with Gasteiger partial charge in [-0.1, -0.05) is 123 Å². The van der Waals surface area contributed by atoms with Crippen LogP contribution in [0.3, 0.4) is 0 Å². The van der Waals surface area contributed by atoms with E-state index in [0.717, 1.165) is 5.69 Å². The van der Waals surface area contributed by atoms with Crippen LogP contribution < -0.4 is 0 Å². The van der Waals surface area contributed by atoms with Crippen molar-refractivity contribution in [1.82, 2.24) is 14.1 Å². The Labute approximate surface area is 306 Å². The zero-order valence-corrected chi connectivity index (χ0v) is 29.4. The predicted molar refractivity (Wildman–Crippen MR) is 223 cm³/mol. The molecule has 53 heavy (non-hydrogen) atoms. The molecule has 0 saturated heterocycles. The summed E-state index contributed by atoms with van der Waals surface area (Å²) in [6.45, 7) is 4.84. The van der Waals surface area contributed by atoms with Crippen LogP contribution in [0.1, 0.15) is 25.0 Å². The Balaban J connectivity index is 1.21. The molecule has 0 radical (unpaired) electrons. The maximum Gasteiger partial charge on any atom is 0.0588 e. The second kappa shape index (κ2) is 10.2. The summed E-state index contributed by atoms with van der Waals surface area (Å²) in [6, 6.07) is 56.1. The molecule has 0 atom stereocenters. The average Bonchev–Trinajstić information content (AvgIpc) is 3.81. The highest BCUT2D eigenvalue weighted by molar-refractivity contribution is 6.30. The van der Waals surface area contributed by atoms with Gasteiger partial charge in [-0.15, -0.1) is 0 Å². The first-order valence-corrected chi connectivity index (χ1v) is 18.5. The maximum absolute atomic E-state index is 4.65. The summed E-state index contributed by atoms with van der Waals surface area (Å²) in [5.41, 5.74) is 12.3. The monoisotopic (exact) mass is 675 g/mol. The summed E-state index contributed by atoms with van der Waals surface area (Å²) < 4.78 is 4.91. The van der Waals surface area contributed by atoms with Gasteiger partial charge < -0.3 is 9.13 Å². The van der Waals surface area contributed by atoms with Crippen molar-refractivity contribution in [3.63, 3.8) is 0 Å². The van der Waals surface area contributed by atoms with Crippen molar-refractivity contribution in [3.05, 3.63) is 175 Å². The highest BCUT2D eigenvalue weighted by Gasteiger charge is 2.40. The number of aromatic nitrogens is 3. The molecular formula is C50H33N3. The van der Waals surface area contributed by atoms with Crippen molar-refractivity contribution >= 4 is 75.9 Å². The first kappa shape index (κ1) is 28.9. The molecule has 3 nitrogen and oxygen atoms in total. The Kier molecular flexibility index (Phi) is 5.57. The first-order chi connectivity index (χ1) is 26.1. The summed E-state index contributed by atoms with van der Waals surface area (Å²) in [6.07, 6.45) is 3.98. The van der Waals surface area contributed by atoms with Crippen LogP contribution in [0.4, 0.5) is 0 Å². The van der Waals surface area contributed by atoms with Crippen LogP contribution in [-0.2, 0) is 5.41 Å². The summed E-state index contributed by atoms with van der Waals surface area (Å²) in [5, 5.41) is 12.8. The van der Waals surface area contributed by atoms with Crippen LogP contribution in [0.2, 0.25) is 0 Å². The minimum atomic E-state index is -0.252. The van der Waals surface area contributed by atoms with E-state index in [-0.39, 0.29) is 5.41 Å². The van der Waals surface area contributed by atoms with E-state index in [9.17, 15) is 0 Å². The molecule has 0 aliphatic heterocycles. The summed E-state index contributed by atoms with van der Waals surface area (Å²) in [4.78, 5) is 4.65. The Morgan fingerprint density at radius 2 is 1.08 bits per heavy atom. The maximum atomic E-state index is 4.65. The van der Waals surface area contributed by atoms with E-state index < -0.39 is 0 Å². The molecule has 0 saturated carbocycles. The largest absolute Gasteiger partial charge is 0.309 e. The van der Waals surface area contributed by atoms with Gasteiger partial charge in [0.2, 0.25) is 0 Å². The number of rotatable bonds is 2. The van der Waals surface area contributed by atoms with Crippen molar-refractivity contribution in [2.24, 2.45) is 0 Å². The lowest BCUT2D eigenvalue weighted by Crippen LogP contribution is -2.16. The Hall–Kier alpha value is -6.71. The molecular weight excluding hydrogens is 643 g/mol. The predicted octanol–water partition coefficient (Wildman–Crippen LogP) is 13.0. The third-order valence-corrected chi connectivity index (χ3v) is 12.1. The van der Waals surface area contributed by atoms with Crippen molar-refractivity contribution in [2.75, 3.05) is 0 Å². The van der Waals surface area contributed by atoms with Gasteiger partial charge in [0, 0.05) is 50.7 Å². The van der Waals surface area contributed by atoms with Crippen LogP contribution in [0, 0.1) is 0 Å². The Morgan fingerprint density at radius 1 is 0.453 bits per heavy atom. The van der Waals surface area contributed by atoms with Gasteiger partial charge in [0.05, 0.1) is 22.1 Å². The zero-order chi connectivity index (χ0) is 35.0. The molecule has 3 heterocycles. The van der Waals surface area contributed by atoms with E-state index in [0.29, 0.717) is 0 Å². The third kappa shape index (κ3) is 3.66. The average molecular weight is 676 g/mol. The number of hydrogen-bond acceptors (Lipinski definition) is 1. The van der Waals surface area contributed by atoms with Crippen LogP contribution in [0.25, 0.3) is 98.4 Å². The molecule has 11 aromatic rings. The third-order valence-electron chi connectivity index (χ3n) is 12.1. The molecule has 3 aromatic heterocycles. The quantitative estimate of drug-likeness (QED) is 0.167. The molecule has 12 rings (SSSR count). The second-order valence-electron chi connectivity index (χ2n) is 15.1. The number of nitrogens with zero attached hydrogens (tertiary/aromatic N) is 3. The molecule has 0 spiro atoms. The van der Waals surface area contributed by atoms with E-state index >= 15 is 0 Å². The summed E-state index contributed by atoms with van der Waals surface area (Å²) >= 11 is 0. The van der Waals surface area contributed by atoms with E-state index in [1.54, 1.807) is 0 Å². The van der Waals surface area contributed by atoms with Gasteiger partial charge in [0.1, 0.15) is 0 Å². The van der Waals surface area contributed by atoms with Gasteiger partial charge in [0.15, 0.2) is 0 Å². The molecule has 248 valence electrons. The van der Waals surface area contributed by atoms with Gasteiger partial charge in [-0.2, -0.15) is 0 Å². The van der Waals surface area contributed by atoms with Crippen LogP contribution in [-0.4, -0.2) is 14.1 Å². The number of fused-ring (bicyclic) bond motifs is 17. The fourth-order valence-electron chi connectivity index (χ4n) is 9.95. The number of para-hydroxylation sites is 2. The SMILES string of the molecule is CC1(C)c2ccc3c4ccccc4c4ccccc4c3c2-c2ccc3c4cnccc4n(-c4ccc5c(c4)c4ccccc4n5-c4ccccc4)c3c21. The van der Waals surface area contributed by atoms with Crippen LogP contribution >= 0.6 is 0 Å². The molecule has 1 aliphatic carbocycles.